The Labute approximate surface area is 246 Å². The lowest BCUT2D eigenvalue weighted by Gasteiger charge is -2.19. The third-order valence-corrected chi connectivity index (χ3v) is 8.10. The molecule has 1 nitrogen and oxygen atoms in total. The molecule has 0 saturated heterocycles. The van der Waals surface area contributed by atoms with Gasteiger partial charge in [0.25, 0.3) is 0 Å². The van der Waals surface area contributed by atoms with E-state index in [1.807, 2.05) is 48.5 Å². The van der Waals surface area contributed by atoms with Crippen molar-refractivity contribution in [2.75, 3.05) is 0 Å². The first kappa shape index (κ1) is 16.6. The average molecular weight is 528 g/mol. The van der Waals surface area contributed by atoms with Crippen LogP contribution in [-0.2, 0) is 0 Å². The van der Waals surface area contributed by atoms with Crippen molar-refractivity contribution in [2.24, 2.45) is 0 Å². The summed E-state index contributed by atoms with van der Waals surface area (Å²) in [5.41, 5.74) is 2.78. The van der Waals surface area contributed by atoms with E-state index in [2.05, 4.69) is 54.6 Å². The molecule has 9 aromatic rings. The fourth-order valence-corrected chi connectivity index (χ4v) is 6.37. The fraction of sp³-hybridized carbons (Fsp3) is 0. The molecule has 0 fully saturated rings. The Kier molecular flexibility index (Phi) is 3.47. The molecule has 8 aromatic carbocycles. The van der Waals surface area contributed by atoms with Crippen LogP contribution >= 0.6 is 0 Å². The van der Waals surface area contributed by atoms with Gasteiger partial charge in [-0.05, 0) is 89.5 Å². The van der Waals surface area contributed by atoms with Crippen molar-refractivity contribution in [2.45, 2.75) is 0 Å². The zero-order valence-electron chi connectivity index (χ0n) is 28.7. The molecule has 0 radical (unpaired) electrons. The van der Waals surface area contributed by atoms with Crippen LogP contribution in [-0.4, -0.2) is 0 Å². The Morgan fingerprint density at radius 1 is 0.439 bits per heavy atom. The minimum Gasteiger partial charge on any atom is -0.456 e. The van der Waals surface area contributed by atoms with E-state index in [0.29, 0.717) is 5.56 Å². The van der Waals surface area contributed by atoms with E-state index in [4.69, 9.17) is 11.3 Å². The Bertz CT molecular complexity index is 2810. The van der Waals surface area contributed by atoms with Gasteiger partial charge in [-0.2, -0.15) is 0 Å². The summed E-state index contributed by atoms with van der Waals surface area (Å²) in [5, 5.41) is 8.09. The van der Waals surface area contributed by atoms with Crippen molar-refractivity contribution in [3.8, 4) is 22.3 Å². The Morgan fingerprint density at radius 2 is 1.00 bits per heavy atom. The Morgan fingerprint density at radius 3 is 1.73 bits per heavy atom. The van der Waals surface area contributed by atoms with E-state index in [9.17, 15) is 2.74 Å². The van der Waals surface area contributed by atoms with Crippen LogP contribution in [0.4, 0.5) is 0 Å². The first-order valence-electron chi connectivity index (χ1n) is 17.0. The topological polar surface area (TPSA) is 13.1 Å². The van der Waals surface area contributed by atoms with Crippen molar-refractivity contribution >= 4 is 65.0 Å². The molecule has 190 valence electrons. The van der Waals surface area contributed by atoms with E-state index < -0.39 is 12.1 Å². The second-order valence-corrected chi connectivity index (χ2v) is 10.3. The first-order valence-corrected chi connectivity index (χ1v) is 13.5. The number of hydrogen-bond acceptors (Lipinski definition) is 1. The second kappa shape index (κ2) is 8.55. The van der Waals surface area contributed by atoms with Crippen LogP contribution in [0.3, 0.4) is 0 Å². The van der Waals surface area contributed by atoms with E-state index in [-0.39, 0.29) is 57.7 Å². The molecule has 0 aliphatic rings. The lowest BCUT2D eigenvalue weighted by atomic mass is 9.84. The molecule has 0 N–H and O–H groups in total. The van der Waals surface area contributed by atoms with Crippen LogP contribution < -0.4 is 0 Å². The maximum absolute atomic E-state index is 9.45. The largest absolute Gasteiger partial charge is 0.456 e. The third-order valence-electron chi connectivity index (χ3n) is 8.10. The van der Waals surface area contributed by atoms with Gasteiger partial charge >= 0.3 is 0 Å². The third kappa shape index (κ3) is 3.24. The van der Waals surface area contributed by atoms with Gasteiger partial charge < -0.3 is 4.42 Å². The summed E-state index contributed by atoms with van der Waals surface area (Å²) in [7, 11) is 0. The summed E-state index contributed by atoms with van der Waals surface area (Å²) in [6.45, 7) is 0. The van der Waals surface area contributed by atoms with Gasteiger partial charge in [0.15, 0.2) is 0 Å². The van der Waals surface area contributed by atoms with Gasteiger partial charge in [0.05, 0.1) is 9.60 Å². The summed E-state index contributed by atoms with van der Waals surface area (Å²) < 4.78 is 67.3. The number of benzene rings is 8. The molecule has 9 rings (SSSR count). The van der Waals surface area contributed by atoms with Gasteiger partial charge in [-0.25, -0.2) is 0 Å². The second-order valence-electron chi connectivity index (χ2n) is 10.3. The smallest absolute Gasteiger partial charge is 0.136 e. The monoisotopic (exact) mass is 527 g/mol. The van der Waals surface area contributed by atoms with Gasteiger partial charge in [0.1, 0.15) is 11.2 Å². The quantitative estimate of drug-likeness (QED) is 0.161. The highest BCUT2D eigenvalue weighted by Crippen LogP contribution is 2.47. The van der Waals surface area contributed by atoms with Crippen LogP contribution in [0.5, 0.6) is 0 Å². The number of hydrogen-bond donors (Lipinski definition) is 0. The highest BCUT2D eigenvalue weighted by Gasteiger charge is 2.19. The van der Waals surface area contributed by atoms with Gasteiger partial charge in [0, 0.05) is 10.8 Å². The van der Waals surface area contributed by atoms with Crippen LogP contribution in [0, 0.1) is 0 Å². The minimum absolute atomic E-state index is 0.0165. The summed E-state index contributed by atoms with van der Waals surface area (Å²) in [6, 6.07) is 32.7. The van der Waals surface area contributed by atoms with Gasteiger partial charge in [-0.15, -0.1) is 0 Å². The van der Waals surface area contributed by atoms with Gasteiger partial charge in [0.2, 0.25) is 0 Å². The molecular formula is C40H24O. The maximum Gasteiger partial charge on any atom is 0.136 e. The average Bonchev–Trinajstić information content (AvgIpc) is 3.53. The zero-order chi connectivity index (χ0) is 33.0. The molecule has 0 saturated carbocycles. The van der Waals surface area contributed by atoms with Crippen molar-refractivity contribution in [1.82, 2.24) is 0 Å². The van der Waals surface area contributed by atoms with E-state index in [1.165, 1.54) is 5.39 Å². The zero-order valence-corrected chi connectivity index (χ0v) is 21.7. The lowest BCUT2D eigenvalue weighted by molar-refractivity contribution is 0.669. The number of rotatable bonds is 2. The summed E-state index contributed by atoms with van der Waals surface area (Å²) in [4.78, 5) is 0. The highest BCUT2D eigenvalue weighted by atomic mass is 16.3. The Balaban J connectivity index is 1.46. The summed E-state index contributed by atoms with van der Waals surface area (Å²) in [6.07, 6.45) is 0. The van der Waals surface area contributed by atoms with E-state index in [1.54, 1.807) is 0 Å². The maximum atomic E-state index is 9.45. The van der Waals surface area contributed by atoms with Crippen molar-refractivity contribution in [1.29, 1.82) is 0 Å². The van der Waals surface area contributed by atoms with Crippen molar-refractivity contribution in [3.05, 3.63) is 145 Å². The molecule has 0 spiro atoms. The molecule has 0 atom stereocenters. The van der Waals surface area contributed by atoms with Crippen LogP contribution in [0.1, 0.15) is 9.60 Å². The van der Waals surface area contributed by atoms with Crippen molar-refractivity contribution in [3.63, 3.8) is 0 Å². The van der Waals surface area contributed by atoms with Gasteiger partial charge in [-0.1, -0.05) is 121 Å². The van der Waals surface area contributed by atoms with Gasteiger partial charge in [-0.3, -0.25) is 0 Å². The van der Waals surface area contributed by atoms with E-state index in [0.717, 1.165) is 48.8 Å². The fourth-order valence-electron chi connectivity index (χ4n) is 6.37. The number of para-hydroxylation sites is 1. The number of furan rings is 1. The molecule has 0 aliphatic carbocycles. The SMILES string of the molecule is [2H]c1c([2H])c([2H])c2c(oc3c([2H])c(-c4c5ccccc5c(-c5cc6ccccc6c6ccccc56)c5ccccc45)c([2H])c([2H])c32)c1[2H]. The molecule has 0 unspecified atom stereocenters. The van der Waals surface area contributed by atoms with E-state index >= 15 is 0 Å². The van der Waals surface area contributed by atoms with Crippen molar-refractivity contribution < 1.29 is 14.0 Å². The van der Waals surface area contributed by atoms with Crippen LogP contribution in [0.15, 0.2) is 150 Å². The molecule has 0 amide bonds. The number of fused-ring (bicyclic) bond motifs is 8. The molecule has 0 aliphatic heterocycles. The van der Waals surface area contributed by atoms with Crippen LogP contribution in [0.25, 0.3) is 87.3 Å². The summed E-state index contributed by atoms with van der Waals surface area (Å²) in [5.74, 6) is 0. The predicted molar refractivity (Wildman–Crippen MR) is 175 cm³/mol. The molecule has 1 heterocycles. The lowest BCUT2D eigenvalue weighted by Crippen LogP contribution is -1.92. The molecule has 1 heteroatoms. The summed E-state index contributed by atoms with van der Waals surface area (Å²) >= 11 is 0. The standard InChI is InChI=1S/C40H24O/c1-2-12-27-25(11-1)23-36(29-14-4-3-13-28(27)29)40-34-18-7-5-16-32(34)39(33-17-6-8-19-35(33)40)26-21-22-31-30-15-9-10-20-37(30)41-38(31)24-26/h1-24H/i9D,10D,15D,20D,21D,22D,24D. The molecule has 1 aromatic heterocycles. The molecule has 41 heavy (non-hydrogen) atoms. The van der Waals surface area contributed by atoms with Crippen LogP contribution in [0.2, 0.25) is 0 Å². The molecular weight excluding hydrogens is 496 g/mol. The first-order chi connectivity index (χ1) is 23.3. The molecule has 0 bridgehead atoms. The Hall–Kier alpha value is -5.40. The minimum atomic E-state index is -0.454. The highest BCUT2D eigenvalue weighted by molar-refractivity contribution is 6.26. The predicted octanol–water partition coefficient (Wildman–Crippen LogP) is 11.5. The normalized spacial score (nSPS) is 14.3.